The summed E-state index contributed by atoms with van der Waals surface area (Å²) in [6.07, 6.45) is 9.20. The number of hydrogen-bond acceptors (Lipinski definition) is 2. The Labute approximate surface area is 82.8 Å². The van der Waals surface area contributed by atoms with E-state index in [0.29, 0.717) is 18.4 Å². The zero-order valence-electron chi connectivity index (χ0n) is 7.68. The van der Waals surface area contributed by atoms with Crippen LogP contribution in [0, 0.1) is 12.3 Å². The number of carbonyl (C=O) groups is 1. The van der Waals surface area contributed by atoms with Crippen LogP contribution < -0.4 is 0 Å². The van der Waals surface area contributed by atoms with Gasteiger partial charge in [-0.3, -0.25) is 9.78 Å². The van der Waals surface area contributed by atoms with E-state index in [1.165, 1.54) is 0 Å². The molecule has 1 rings (SSSR count). The fourth-order valence-corrected chi connectivity index (χ4v) is 1.24. The highest BCUT2D eigenvalue weighted by atomic mass is 16.4. The maximum absolute atomic E-state index is 10.9. The smallest absolute Gasteiger partial charge is 0.311 e. The van der Waals surface area contributed by atoms with Gasteiger partial charge in [0.25, 0.3) is 0 Å². The number of aromatic nitrogens is 1. The molecule has 1 unspecified atom stereocenters. The molecular formula is C11H11NO2. The van der Waals surface area contributed by atoms with Crippen LogP contribution in [0.5, 0.6) is 0 Å². The van der Waals surface area contributed by atoms with Crippen LogP contribution in [0.4, 0.5) is 0 Å². The molecule has 0 saturated heterocycles. The molecule has 0 aromatic carbocycles. The quantitative estimate of drug-likeness (QED) is 0.733. The molecule has 14 heavy (non-hydrogen) atoms. The number of hydrogen-bond donors (Lipinski definition) is 1. The van der Waals surface area contributed by atoms with Gasteiger partial charge in [0.15, 0.2) is 0 Å². The lowest BCUT2D eigenvalue weighted by Crippen LogP contribution is -2.11. The highest BCUT2D eigenvalue weighted by Crippen LogP contribution is 2.20. The molecule has 0 radical (unpaired) electrons. The molecule has 1 aromatic heterocycles. The zero-order valence-corrected chi connectivity index (χ0v) is 7.68. The molecule has 1 N–H and O–H groups in total. The standard InChI is InChI=1S/C11H11NO2/c1-2-3-6-10(11(13)14)9-5-4-7-12-8-9/h1,4-5,7-8,10H,3,6H2,(H,13,14). The van der Waals surface area contributed by atoms with Crippen LogP contribution in [0.2, 0.25) is 0 Å². The van der Waals surface area contributed by atoms with Crippen molar-refractivity contribution in [1.82, 2.24) is 4.98 Å². The Bertz CT molecular complexity index is 340. The van der Waals surface area contributed by atoms with E-state index < -0.39 is 11.9 Å². The second kappa shape index (κ2) is 5.03. The summed E-state index contributed by atoms with van der Waals surface area (Å²) in [4.78, 5) is 14.8. The van der Waals surface area contributed by atoms with E-state index >= 15 is 0 Å². The molecule has 0 bridgehead atoms. The molecule has 1 aromatic rings. The van der Waals surface area contributed by atoms with Gasteiger partial charge >= 0.3 is 5.97 Å². The van der Waals surface area contributed by atoms with E-state index in [2.05, 4.69) is 10.9 Å². The van der Waals surface area contributed by atoms with Crippen LogP contribution in [-0.2, 0) is 4.79 Å². The fourth-order valence-electron chi connectivity index (χ4n) is 1.24. The van der Waals surface area contributed by atoms with Gasteiger partial charge in [-0.1, -0.05) is 6.07 Å². The Kier molecular flexibility index (Phi) is 3.69. The summed E-state index contributed by atoms with van der Waals surface area (Å²) in [6.45, 7) is 0. The summed E-state index contributed by atoms with van der Waals surface area (Å²) >= 11 is 0. The van der Waals surface area contributed by atoms with Crippen molar-refractivity contribution in [3.63, 3.8) is 0 Å². The van der Waals surface area contributed by atoms with Gasteiger partial charge in [-0.2, -0.15) is 0 Å². The Morgan fingerprint density at radius 3 is 3.00 bits per heavy atom. The predicted molar refractivity (Wildman–Crippen MR) is 52.7 cm³/mol. The molecular weight excluding hydrogens is 178 g/mol. The Hall–Kier alpha value is -1.82. The number of carboxylic acids is 1. The predicted octanol–water partition coefficient (Wildman–Crippen LogP) is 1.66. The molecule has 0 aliphatic carbocycles. The van der Waals surface area contributed by atoms with E-state index in [1.54, 1.807) is 24.5 Å². The van der Waals surface area contributed by atoms with Crippen LogP contribution in [0.1, 0.15) is 24.3 Å². The second-order valence-corrected chi connectivity index (χ2v) is 2.92. The Balaban J connectivity index is 2.79. The lowest BCUT2D eigenvalue weighted by Gasteiger charge is -2.09. The third kappa shape index (κ3) is 2.60. The van der Waals surface area contributed by atoms with Gasteiger partial charge in [0.1, 0.15) is 0 Å². The molecule has 0 aliphatic rings. The summed E-state index contributed by atoms with van der Waals surface area (Å²) in [6, 6.07) is 3.48. The molecule has 1 atom stereocenters. The van der Waals surface area contributed by atoms with Crippen LogP contribution in [0.25, 0.3) is 0 Å². The molecule has 72 valence electrons. The second-order valence-electron chi connectivity index (χ2n) is 2.92. The highest BCUT2D eigenvalue weighted by molar-refractivity contribution is 5.75. The minimum absolute atomic E-state index is 0.456. The summed E-state index contributed by atoms with van der Waals surface area (Å²) in [5.74, 6) is 1.04. The number of terminal acetylenes is 1. The minimum Gasteiger partial charge on any atom is -0.481 e. The van der Waals surface area contributed by atoms with Crippen LogP contribution in [-0.4, -0.2) is 16.1 Å². The first-order valence-corrected chi connectivity index (χ1v) is 4.32. The number of carboxylic acid groups (broad SMARTS) is 1. The SMILES string of the molecule is C#CCCC(C(=O)O)c1cccnc1. The van der Waals surface area contributed by atoms with Gasteiger partial charge in [-0.05, 0) is 18.1 Å². The summed E-state index contributed by atoms with van der Waals surface area (Å²) in [5.41, 5.74) is 0.704. The van der Waals surface area contributed by atoms with Crippen LogP contribution >= 0.6 is 0 Å². The van der Waals surface area contributed by atoms with Gasteiger partial charge in [-0.25, -0.2) is 0 Å². The number of pyridine rings is 1. The molecule has 0 aliphatic heterocycles. The molecule has 3 nitrogen and oxygen atoms in total. The van der Waals surface area contributed by atoms with Gasteiger partial charge < -0.3 is 5.11 Å². The average molecular weight is 189 g/mol. The van der Waals surface area contributed by atoms with Gasteiger partial charge in [0.05, 0.1) is 5.92 Å². The first kappa shape index (κ1) is 10.3. The third-order valence-electron chi connectivity index (χ3n) is 1.96. The maximum Gasteiger partial charge on any atom is 0.311 e. The van der Waals surface area contributed by atoms with Crippen LogP contribution in [0.3, 0.4) is 0 Å². The topological polar surface area (TPSA) is 50.2 Å². The van der Waals surface area contributed by atoms with Gasteiger partial charge in [0.2, 0.25) is 0 Å². The van der Waals surface area contributed by atoms with Crippen molar-refractivity contribution in [3.05, 3.63) is 30.1 Å². The summed E-state index contributed by atoms with van der Waals surface area (Å²) in [7, 11) is 0. The molecule has 0 saturated carbocycles. The Morgan fingerprint density at radius 1 is 1.71 bits per heavy atom. The zero-order chi connectivity index (χ0) is 10.4. The normalized spacial score (nSPS) is 11.6. The van der Waals surface area contributed by atoms with Gasteiger partial charge in [-0.15, -0.1) is 12.3 Å². The summed E-state index contributed by atoms with van der Waals surface area (Å²) in [5, 5.41) is 8.96. The van der Waals surface area contributed by atoms with E-state index in [-0.39, 0.29) is 0 Å². The summed E-state index contributed by atoms with van der Waals surface area (Å²) < 4.78 is 0. The van der Waals surface area contributed by atoms with Crippen molar-refractivity contribution in [3.8, 4) is 12.3 Å². The Morgan fingerprint density at radius 2 is 2.50 bits per heavy atom. The average Bonchev–Trinajstić information content (AvgIpc) is 2.19. The van der Waals surface area contributed by atoms with Gasteiger partial charge in [0, 0.05) is 18.8 Å². The maximum atomic E-state index is 10.9. The first-order valence-electron chi connectivity index (χ1n) is 4.32. The van der Waals surface area contributed by atoms with Crippen molar-refractivity contribution in [2.24, 2.45) is 0 Å². The van der Waals surface area contributed by atoms with E-state index in [1.807, 2.05) is 0 Å². The lowest BCUT2D eigenvalue weighted by molar-refractivity contribution is -0.138. The monoisotopic (exact) mass is 189 g/mol. The third-order valence-corrected chi connectivity index (χ3v) is 1.96. The van der Waals surface area contributed by atoms with E-state index in [4.69, 9.17) is 11.5 Å². The number of aliphatic carboxylic acids is 1. The number of nitrogens with zero attached hydrogens (tertiary/aromatic N) is 1. The van der Waals surface area contributed by atoms with Crippen molar-refractivity contribution >= 4 is 5.97 Å². The largest absolute Gasteiger partial charge is 0.481 e. The first-order chi connectivity index (χ1) is 6.75. The van der Waals surface area contributed by atoms with Crippen LogP contribution in [0.15, 0.2) is 24.5 Å². The molecule has 1 heterocycles. The molecule has 0 spiro atoms. The fraction of sp³-hybridized carbons (Fsp3) is 0.273. The van der Waals surface area contributed by atoms with E-state index in [9.17, 15) is 4.79 Å². The minimum atomic E-state index is -0.853. The van der Waals surface area contributed by atoms with E-state index in [0.717, 1.165) is 0 Å². The number of rotatable bonds is 4. The lowest BCUT2D eigenvalue weighted by atomic mass is 9.96. The molecule has 0 amide bonds. The van der Waals surface area contributed by atoms with Crippen molar-refractivity contribution in [2.45, 2.75) is 18.8 Å². The van der Waals surface area contributed by atoms with Crippen molar-refractivity contribution < 1.29 is 9.90 Å². The van der Waals surface area contributed by atoms with Crippen molar-refractivity contribution in [2.75, 3.05) is 0 Å². The molecule has 3 heteroatoms. The van der Waals surface area contributed by atoms with Crippen molar-refractivity contribution in [1.29, 1.82) is 0 Å². The highest BCUT2D eigenvalue weighted by Gasteiger charge is 2.18. The molecule has 0 fully saturated rings.